The molecule has 5 heteroatoms. The predicted molar refractivity (Wildman–Crippen MR) is 37.2 cm³/mol. The summed E-state index contributed by atoms with van der Waals surface area (Å²) in [6, 6.07) is 0. The highest BCUT2D eigenvalue weighted by Crippen LogP contribution is 2.08. The fourth-order valence-electron chi connectivity index (χ4n) is 0.468. The largest absolute Gasteiger partial charge is 0.496 e. The number of nitrogens with two attached hydrogens (primary N) is 2. The molecule has 1 rings (SSSR count). The van der Waals surface area contributed by atoms with Gasteiger partial charge in [0.15, 0.2) is 0 Å². The summed E-state index contributed by atoms with van der Waals surface area (Å²) in [4.78, 5) is 10.3. The van der Waals surface area contributed by atoms with Crippen molar-refractivity contribution < 1.29 is 14.3 Å². The Morgan fingerprint density at radius 1 is 1.73 bits per heavy atom. The zero-order valence-electron chi connectivity index (χ0n) is 5.95. The standard InChI is InChI=1S/C6H10N2O3/c7-5(6(8)9)3-10-1-4-2-11-4/h3-4H,1-2,7H2,(H2,8,9). The zero-order chi connectivity index (χ0) is 8.27. The van der Waals surface area contributed by atoms with E-state index in [4.69, 9.17) is 20.9 Å². The second kappa shape index (κ2) is 3.25. The Morgan fingerprint density at radius 3 is 2.82 bits per heavy atom. The number of carbonyl (C=O) groups excluding carboxylic acids is 1. The Hall–Kier alpha value is -1.23. The third-order valence-corrected chi connectivity index (χ3v) is 1.18. The van der Waals surface area contributed by atoms with Gasteiger partial charge in [0, 0.05) is 0 Å². The minimum absolute atomic E-state index is 0.0781. The normalized spacial score (nSPS) is 22.9. The van der Waals surface area contributed by atoms with Crippen molar-refractivity contribution >= 4 is 5.91 Å². The number of primary amides is 1. The van der Waals surface area contributed by atoms with E-state index in [2.05, 4.69) is 0 Å². The molecule has 0 aromatic rings. The van der Waals surface area contributed by atoms with Gasteiger partial charge in [-0.25, -0.2) is 0 Å². The predicted octanol–water partition coefficient (Wildman–Crippen LogP) is -1.31. The third-order valence-electron chi connectivity index (χ3n) is 1.18. The molecule has 0 aromatic carbocycles. The Labute approximate surface area is 63.9 Å². The van der Waals surface area contributed by atoms with E-state index >= 15 is 0 Å². The number of epoxide rings is 1. The van der Waals surface area contributed by atoms with E-state index in [1.165, 1.54) is 0 Å². The molecule has 62 valence electrons. The summed E-state index contributed by atoms with van der Waals surface area (Å²) in [7, 11) is 0. The number of carbonyl (C=O) groups is 1. The van der Waals surface area contributed by atoms with Crippen molar-refractivity contribution in [1.29, 1.82) is 0 Å². The summed E-state index contributed by atoms with van der Waals surface area (Å²) < 4.78 is 9.71. The highest BCUT2D eigenvalue weighted by atomic mass is 16.6. The fraction of sp³-hybridized carbons (Fsp3) is 0.500. The van der Waals surface area contributed by atoms with Gasteiger partial charge in [0.05, 0.1) is 6.61 Å². The van der Waals surface area contributed by atoms with E-state index in [1.807, 2.05) is 0 Å². The molecule has 11 heavy (non-hydrogen) atoms. The summed E-state index contributed by atoms with van der Waals surface area (Å²) in [5.41, 5.74) is 9.89. The lowest BCUT2D eigenvalue weighted by Crippen LogP contribution is -2.20. The van der Waals surface area contributed by atoms with Crippen molar-refractivity contribution in [2.75, 3.05) is 13.2 Å². The van der Waals surface area contributed by atoms with Gasteiger partial charge in [0.1, 0.15) is 24.7 Å². The van der Waals surface area contributed by atoms with Crippen molar-refractivity contribution in [1.82, 2.24) is 0 Å². The molecule has 1 aliphatic rings. The van der Waals surface area contributed by atoms with Gasteiger partial charge in [0.25, 0.3) is 5.91 Å². The summed E-state index contributed by atoms with van der Waals surface area (Å²) in [6.07, 6.45) is 1.30. The summed E-state index contributed by atoms with van der Waals surface area (Å²) in [5, 5.41) is 0. The van der Waals surface area contributed by atoms with Crippen LogP contribution >= 0.6 is 0 Å². The topological polar surface area (TPSA) is 90.9 Å². The number of hydrogen-bond donors (Lipinski definition) is 2. The minimum Gasteiger partial charge on any atom is -0.496 e. The molecule has 0 bridgehead atoms. The van der Waals surface area contributed by atoms with Gasteiger partial charge < -0.3 is 20.9 Å². The lowest BCUT2D eigenvalue weighted by atomic mass is 10.5. The minimum atomic E-state index is -0.679. The average Bonchev–Trinajstić information content (AvgIpc) is 2.71. The first-order valence-corrected chi connectivity index (χ1v) is 3.19. The number of amides is 1. The first kappa shape index (κ1) is 7.87. The average molecular weight is 158 g/mol. The molecule has 1 fully saturated rings. The maximum atomic E-state index is 10.3. The molecule has 4 N–H and O–H groups in total. The summed E-state index contributed by atoms with van der Waals surface area (Å²) in [6.45, 7) is 1.14. The van der Waals surface area contributed by atoms with Gasteiger partial charge in [-0.15, -0.1) is 0 Å². The quantitative estimate of drug-likeness (QED) is 0.302. The number of hydrogen-bond acceptors (Lipinski definition) is 4. The third kappa shape index (κ3) is 2.90. The molecule has 0 aromatic heterocycles. The van der Waals surface area contributed by atoms with Crippen LogP contribution in [-0.4, -0.2) is 25.2 Å². The van der Waals surface area contributed by atoms with E-state index in [0.29, 0.717) is 13.2 Å². The van der Waals surface area contributed by atoms with Gasteiger partial charge in [0.2, 0.25) is 0 Å². The Bertz CT molecular complexity index is 186. The maximum absolute atomic E-state index is 10.3. The highest BCUT2D eigenvalue weighted by molar-refractivity contribution is 5.90. The van der Waals surface area contributed by atoms with E-state index in [1.54, 1.807) is 0 Å². The van der Waals surface area contributed by atoms with Crippen LogP contribution in [0.5, 0.6) is 0 Å². The first-order valence-electron chi connectivity index (χ1n) is 3.19. The molecular formula is C6H10N2O3. The fourth-order valence-corrected chi connectivity index (χ4v) is 0.468. The molecule has 5 nitrogen and oxygen atoms in total. The molecule has 1 aliphatic heterocycles. The van der Waals surface area contributed by atoms with Crippen LogP contribution in [-0.2, 0) is 14.3 Å². The van der Waals surface area contributed by atoms with Gasteiger partial charge in [-0.2, -0.15) is 0 Å². The lowest BCUT2D eigenvalue weighted by molar-refractivity contribution is -0.114. The van der Waals surface area contributed by atoms with Crippen molar-refractivity contribution in [3.8, 4) is 0 Å². The second-order valence-electron chi connectivity index (χ2n) is 2.23. The van der Waals surface area contributed by atoms with Crippen LogP contribution in [0.2, 0.25) is 0 Å². The van der Waals surface area contributed by atoms with Gasteiger partial charge in [-0.05, 0) is 0 Å². The van der Waals surface area contributed by atoms with Gasteiger partial charge >= 0.3 is 0 Å². The molecule has 0 spiro atoms. The molecule has 1 amide bonds. The van der Waals surface area contributed by atoms with Crippen LogP contribution in [0.25, 0.3) is 0 Å². The number of ether oxygens (including phenoxy) is 2. The monoisotopic (exact) mass is 158 g/mol. The maximum Gasteiger partial charge on any atom is 0.267 e. The smallest absolute Gasteiger partial charge is 0.267 e. The van der Waals surface area contributed by atoms with Crippen LogP contribution in [0.1, 0.15) is 0 Å². The van der Waals surface area contributed by atoms with Crippen LogP contribution in [0, 0.1) is 0 Å². The highest BCUT2D eigenvalue weighted by Gasteiger charge is 2.22. The number of rotatable bonds is 4. The second-order valence-corrected chi connectivity index (χ2v) is 2.23. The Morgan fingerprint density at radius 2 is 2.36 bits per heavy atom. The summed E-state index contributed by atoms with van der Waals surface area (Å²) in [5.74, 6) is -0.679. The van der Waals surface area contributed by atoms with Crippen LogP contribution in [0.15, 0.2) is 12.0 Å². The SMILES string of the molecule is NC(=O)C(N)=COCC1CO1. The molecule has 0 radical (unpaired) electrons. The zero-order valence-corrected chi connectivity index (χ0v) is 5.95. The molecule has 1 atom stereocenters. The molecule has 1 heterocycles. The Kier molecular flexibility index (Phi) is 2.32. The summed E-state index contributed by atoms with van der Waals surface area (Å²) >= 11 is 0. The van der Waals surface area contributed by atoms with E-state index in [9.17, 15) is 4.79 Å². The first-order chi connectivity index (χ1) is 5.20. The molecule has 1 unspecified atom stereocenters. The Balaban J connectivity index is 2.15. The molecule has 0 saturated carbocycles. The van der Waals surface area contributed by atoms with E-state index < -0.39 is 5.91 Å². The molecule has 1 saturated heterocycles. The van der Waals surface area contributed by atoms with Gasteiger partial charge in [-0.3, -0.25) is 4.79 Å². The van der Waals surface area contributed by atoms with Crippen LogP contribution in [0.4, 0.5) is 0 Å². The van der Waals surface area contributed by atoms with Crippen molar-refractivity contribution in [3.63, 3.8) is 0 Å². The van der Waals surface area contributed by atoms with E-state index in [0.717, 1.165) is 6.26 Å². The van der Waals surface area contributed by atoms with E-state index in [-0.39, 0.29) is 11.8 Å². The van der Waals surface area contributed by atoms with Crippen molar-refractivity contribution in [3.05, 3.63) is 12.0 Å². The van der Waals surface area contributed by atoms with Crippen molar-refractivity contribution in [2.45, 2.75) is 6.10 Å². The lowest BCUT2D eigenvalue weighted by Gasteiger charge is -1.97. The van der Waals surface area contributed by atoms with Crippen LogP contribution in [0.3, 0.4) is 0 Å². The van der Waals surface area contributed by atoms with Crippen LogP contribution < -0.4 is 11.5 Å². The molecular weight excluding hydrogens is 148 g/mol. The van der Waals surface area contributed by atoms with Crippen molar-refractivity contribution in [2.24, 2.45) is 11.5 Å². The van der Waals surface area contributed by atoms with Gasteiger partial charge in [-0.1, -0.05) is 0 Å². The molecule has 0 aliphatic carbocycles.